The van der Waals surface area contributed by atoms with Gasteiger partial charge in [0.05, 0.1) is 30.6 Å². The van der Waals surface area contributed by atoms with Crippen molar-refractivity contribution >= 4 is 29.6 Å². The van der Waals surface area contributed by atoms with E-state index in [0.29, 0.717) is 22.6 Å². The minimum atomic E-state index is -1.19. The number of pyridine rings is 1. The van der Waals surface area contributed by atoms with E-state index in [9.17, 15) is 9.18 Å². The average molecular weight is 371 g/mol. The van der Waals surface area contributed by atoms with Crippen molar-refractivity contribution in [3.8, 4) is 0 Å². The summed E-state index contributed by atoms with van der Waals surface area (Å²) in [5, 5.41) is 7.85. The third-order valence-corrected chi connectivity index (χ3v) is 3.99. The molecule has 0 aliphatic rings. The highest BCUT2D eigenvalue weighted by molar-refractivity contribution is 6.20. The van der Waals surface area contributed by atoms with Crippen molar-refractivity contribution in [2.45, 2.75) is 26.1 Å². The Morgan fingerprint density at radius 3 is 2.52 bits per heavy atom. The largest absolute Gasteiger partial charge is 0.465 e. The number of alkyl halides is 1. The summed E-state index contributed by atoms with van der Waals surface area (Å²) < 4.78 is 18.4. The average Bonchev–Trinajstić information content (AvgIpc) is 2.68. The standard InChI is InChI=1S/C19H22FN5O2/c1-12(20)13(2)24-18(16-5-4-10-23-17(16)22)25(11-21)15-8-6-14(7-9-15)19(26)27-3/h4-13,21H,1-3H3,(H2,22,23)/b21-11?,24-18-/t12?,13-/m0/s1. The Morgan fingerprint density at radius 2 is 2.00 bits per heavy atom. The number of nitrogens with one attached hydrogen (secondary N) is 1. The molecule has 1 aromatic carbocycles. The predicted octanol–water partition coefficient (Wildman–Crippen LogP) is 3.06. The van der Waals surface area contributed by atoms with Crippen LogP contribution in [-0.4, -0.2) is 42.5 Å². The molecule has 1 unspecified atom stereocenters. The van der Waals surface area contributed by atoms with E-state index in [2.05, 4.69) is 14.7 Å². The number of esters is 1. The van der Waals surface area contributed by atoms with Crippen molar-refractivity contribution in [2.75, 3.05) is 17.7 Å². The highest BCUT2D eigenvalue weighted by atomic mass is 19.1. The first-order valence-electron chi connectivity index (χ1n) is 8.30. The highest BCUT2D eigenvalue weighted by Crippen LogP contribution is 2.21. The number of hydrogen-bond donors (Lipinski definition) is 2. The minimum Gasteiger partial charge on any atom is -0.465 e. The van der Waals surface area contributed by atoms with Gasteiger partial charge in [-0.05, 0) is 50.2 Å². The van der Waals surface area contributed by atoms with Crippen LogP contribution in [0.1, 0.15) is 29.8 Å². The normalized spacial score (nSPS) is 13.6. The third-order valence-electron chi connectivity index (χ3n) is 3.99. The maximum Gasteiger partial charge on any atom is 0.337 e. The molecule has 8 heteroatoms. The van der Waals surface area contributed by atoms with Crippen LogP contribution in [0.3, 0.4) is 0 Å². The Morgan fingerprint density at radius 1 is 1.33 bits per heavy atom. The first-order valence-corrected chi connectivity index (χ1v) is 8.30. The van der Waals surface area contributed by atoms with E-state index >= 15 is 0 Å². The van der Waals surface area contributed by atoms with Gasteiger partial charge in [-0.1, -0.05) is 0 Å². The van der Waals surface area contributed by atoms with Crippen molar-refractivity contribution in [1.29, 1.82) is 5.41 Å². The number of nitrogens with zero attached hydrogens (tertiary/aromatic N) is 3. The number of nitrogen functional groups attached to an aromatic ring is 1. The molecule has 27 heavy (non-hydrogen) atoms. The molecule has 1 aromatic heterocycles. The van der Waals surface area contributed by atoms with Gasteiger partial charge in [0, 0.05) is 11.9 Å². The fraction of sp³-hybridized carbons (Fsp3) is 0.263. The summed E-state index contributed by atoms with van der Waals surface area (Å²) in [6, 6.07) is 9.16. The molecule has 2 rings (SSSR count). The SMILES string of the molecule is COC(=O)c1ccc(N(C=N)/C(=N\[C@@H](C)C(C)F)c2cccnc2N)cc1. The first-order chi connectivity index (χ1) is 12.9. The Labute approximate surface area is 157 Å². The quantitative estimate of drug-likeness (QED) is 0.461. The number of nitrogens with two attached hydrogens (primary N) is 1. The fourth-order valence-electron chi connectivity index (χ4n) is 2.30. The van der Waals surface area contributed by atoms with Crippen LogP contribution in [0.2, 0.25) is 0 Å². The van der Waals surface area contributed by atoms with Crippen LogP contribution >= 0.6 is 0 Å². The Bertz CT molecular complexity index is 836. The van der Waals surface area contributed by atoms with Crippen molar-refractivity contribution in [3.63, 3.8) is 0 Å². The molecule has 0 aliphatic carbocycles. The molecule has 0 saturated heterocycles. The maximum atomic E-state index is 13.7. The van der Waals surface area contributed by atoms with Gasteiger partial charge in [0.2, 0.25) is 0 Å². The zero-order valence-electron chi connectivity index (χ0n) is 15.4. The third kappa shape index (κ3) is 4.66. The minimum absolute atomic E-state index is 0.216. The summed E-state index contributed by atoms with van der Waals surface area (Å²) in [5.74, 6) is 0.0413. The molecule has 2 atom stereocenters. The molecule has 0 radical (unpaired) electrons. The van der Waals surface area contributed by atoms with E-state index in [4.69, 9.17) is 11.1 Å². The number of carbonyl (C=O) groups is 1. The van der Waals surface area contributed by atoms with Crippen LogP contribution in [0.5, 0.6) is 0 Å². The van der Waals surface area contributed by atoms with Crippen LogP contribution in [-0.2, 0) is 4.74 Å². The van der Waals surface area contributed by atoms with E-state index in [0.717, 1.165) is 6.34 Å². The fourth-order valence-corrected chi connectivity index (χ4v) is 2.30. The summed E-state index contributed by atoms with van der Waals surface area (Å²) >= 11 is 0. The van der Waals surface area contributed by atoms with Crippen molar-refractivity contribution in [2.24, 2.45) is 4.99 Å². The van der Waals surface area contributed by atoms with Gasteiger partial charge in [0.25, 0.3) is 0 Å². The van der Waals surface area contributed by atoms with Gasteiger partial charge in [-0.15, -0.1) is 0 Å². The van der Waals surface area contributed by atoms with Crippen molar-refractivity contribution in [1.82, 2.24) is 4.98 Å². The maximum absolute atomic E-state index is 13.7. The predicted molar refractivity (Wildman–Crippen MR) is 104 cm³/mol. The highest BCUT2D eigenvalue weighted by Gasteiger charge is 2.20. The molecule has 0 bridgehead atoms. The molecular weight excluding hydrogens is 349 g/mol. The van der Waals surface area contributed by atoms with E-state index < -0.39 is 18.2 Å². The van der Waals surface area contributed by atoms with Crippen LogP contribution in [0.25, 0.3) is 0 Å². The van der Waals surface area contributed by atoms with Gasteiger partial charge in [-0.25, -0.2) is 14.2 Å². The molecule has 0 spiro atoms. The number of halogens is 1. The van der Waals surface area contributed by atoms with E-state index in [1.807, 2.05) is 0 Å². The molecule has 0 amide bonds. The van der Waals surface area contributed by atoms with Gasteiger partial charge in [0.1, 0.15) is 17.8 Å². The number of methoxy groups -OCH3 is 1. The topological polar surface area (TPSA) is 105 Å². The zero-order valence-corrected chi connectivity index (χ0v) is 15.4. The molecule has 0 fully saturated rings. The number of rotatable bonds is 6. The Kier molecular flexibility index (Phi) is 6.59. The van der Waals surface area contributed by atoms with Crippen LogP contribution in [0.4, 0.5) is 15.9 Å². The Balaban J connectivity index is 2.53. The molecule has 0 saturated carbocycles. The number of aliphatic imine (C=N–C) groups is 1. The number of ether oxygens (including phenoxy) is 1. The number of anilines is 2. The number of amidine groups is 1. The Hall–Kier alpha value is -3.29. The van der Waals surface area contributed by atoms with Gasteiger partial charge in [-0.2, -0.15) is 0 Å². The van der Waals surface area contributed by atoms with Gasteiger partial charge < -0.3 is 10.5 Å². The van der Waals surface area contributed by atoms with Gasteiger partial charge >= 0.3 is 5.97 Å². The first kappa shape index (κ1) is 20.0. The second kappa shape index (κ2) is 8.88. The smallest absolute Gasteiger partial charge is 0.337 e. The van der Waals surface area contributed by atoms with E-state index in [1.165, 1.54) is 25.1 Å². The molecule has 3 N–H and O–H groups in total. The molecule has 142 valence electrons. The lowest BCUT2D eigenvalue weighted by atomic mass is 10.1. The summed E-state index contributed by atoms with van der Waals surface area (Å²) in [5.41, 5.74) is 7.38. The zero-order chi connectivity index (χ0) is 20.0. The van der Waals surface area contributed by atoms with Gasteiger partial charge in [-0.3, -0.25) is 15.3 Å². The lowest BCUT2D eigenvalue weighted by Crippen LogP contribution is -2.33. The molecule has 7 nitrogen and oxygen atoms in total. The summed E-state index contributed by atoms with van der Waals surface area (Å²) in [6.45, 7) is 3.05. The number of benzene rings is 1. The van der Waals surface area contributed by atoms with Crippen molar-refractivity contribution < 1.29 is 13.9 Å². The van der Waals surface area contributed by atoms with Crippen molar-refractivity contribution in [3.05, 3.63) is 53.7 Å². The summed E-state index contributed by atoms with van der Waals surface area (Å²) in [6.07, 6.45) is 1.40. The summed E-state index contributed by atoms with van der Waals surface area (Å²) in [4.78, 5) is 21.5. The van der Waals surface area contributed by atoms with Crippen LogP contribution < -0.4 is 10.6 Å². The number of aromatic nitrogens is 1. The number of carbonyl (C=O) groups excluding carboxylic acids is 1. The molecule has 2 aromatic rings. The van der Waals surface area contributed by atoms with E-state index in [-0.39, 0.29) is 5.82 Å². The van der Waals surface area contributed by atoms with Crippen LogP contribution in [0.15, 0.2) is 47.6 Å². The summed E-state index contributed by atoms with van der Waals surface area (Å²) in [7, 11) is 1.30. The second-order valence-corrected chi connectivity index (χ2v) is 5.84. The van der Waals surface area contributed by atoms with Crippen LogP contribution in [0, 0.1) is 5.41 Å². The monoisotopic (exact) mass is 371 g/mol. The lowest BCUT2D eigenvalue weighted by molar-refractivity contribution is 0.0601. The molecule has 1 heterocycles. The van der Waals surface area contributed by atoms with Gasteiger partial charge in [0.15, 0.2) is 0 Å². The lowest BCUT2D eigenvalue weighted by Gasteiger charge is -2.24. The van der Waals surface area contributed by atoms with E-state index in [1.54, 1.807) is 43.3 Å². The molecular formula is C19H22FN5O2. The second-order valence-electron chi connectivity index (χ2n) is 5.84. The molecule has 0 aliphatic heterocycles. The number of hydrogen-bond acceptors (Lipinski definition) is 6.